The minimum absolute atomic E-state index is 0.0498. The smallest absolute Gasteiger partial charge is 0.395 e. The van der Waals surface area contributed by atoms with Crippen LogP contribution in [0.3, 0.4) is 0 Å². The van der Waals surface area contributed by atoms with Gasteiger partial charge in [-0.05, 0) is 29.7 Å². The van der Waals surface area contributed by atoms with Crippen LogP contribution in [0.25, 0.3) is 0 Å². The monoisotopic (exact) mass is 291 g/mol. The van der Waals surface area contributed by atoms with E-state index in [1.54, 1.807) is 6.07 Å². The summed E-state index contributed by atoms with van der Waals surface area (Å²) in [7, 11) is 0. The van der Waals surface area contributed by atoms with Gasteiger partial charge in [0.15, 0.2) is 11.5 Å². The normalized spacial score (nSPS) is 15.0. The summed E-state index contributed by atoms with van der Waals surface area (Å²) in [5.74, 6) is 0.105. The Kier molecular flexibility index (Phi) is 3.41. The Morgan fingerprint density at radius 1 is 1.00 bits per heavy atom. The highest BCUT2D eigenvalue weighted by atomic mass is 19.3. The number of hydrogen-bond acceptors (Lipinski definition) is 3. The molecule has 3 nitrogen and oxygen atoms in total. The fourth-order valence-electron chi connectivity index (χ4n) is 2.33. The summed E-state index contributed by atoms with van der Waals surface area (Å²) in [6, 6.07) is 12.8. The van der Waals surface area contributed by atoms with Gasteiger partial charge in [0.1, 0.15) is 0 Å². The van der Waals surface area contributed by atoms with Crippen LogP contribution in [0, 0.1) is 0 Å². The quantitative estimate of drug-likeness (QED) is 0.916. The fraction of sp³-hybridized carbons (Fsp3) is 0.250. The number of fused-ring (bicyclic) bond motifs is 1. The Hall–Kier alpha value is -2.30. The second kappa shape index (κ2) is 5.24. The lowest BCUT2D eigenvalue weighted by Gasteiger charge is -2.10. The first-order valence-corrected chi connectivity index (χ1v) is 6.78. The summed E-state index contributed by atoms with van der Waals surface area (Å²) in [4.78, 5) is 0. The van der Waals surface area contributed by atoms with Crippen molar-refractivity contribution in [3.8, 4) is 11.5 Å². The molecular weight excluding hydrogens is 276 g/mol. The predicted molar refractivity (Wildman–Crippen MR) is 75.8 cm³/mol. The number of halogens is 2. The maximum Gasteiger partial charge on any atom is 0.586 e. The van der Waals surface area contributed by atoms with E-state index in [-0.39, 0.29) is 11.5 Å². The molecule has 0 saturated carbocycles. The molecule has 2 aromatic rings. The van der Waals surface area contributed by atoms with Crippen LogP contribution in [0.2, 0.25) is 0 Å². The first-order chi connectivity index (χ1) is 10.1. The summed E-state index contributed by atoms with van der Waals surface area (Å²) >= 11 is 0. The molecule has 0 amide bonds. The molecule has 1 aliphatic heterocycles. The van der Waals surface area contributed by atoms with Crippen LogP contribution < -0.4 is 14.8 Å². The third-order valence-electron chi connectivity index (χ3n) is 3.38. The molecule has 5 heteroatoms. The van der Waals surface area contributed by atoms with Crippen molar-refractivity contribution in [2.45, 2.75) is 26.2 Å². The van der Waals surface area contributed by atoms with Crippen molar-refractivity contribution in [1.29, 1.82) is 0 Å². The molecule has 0 spiro atoms. The molecule has 0 fully saturated rings. The van der Waals surface area contributed by atoms with Gasteiger partial charge >= 0.3 is 6.29 Å². The molecule has 0 radical (unpaired) electrons. The maximum absolute atomic E-state index is 13.0. The molecule has 0 aliphatic carbocycles. The molecule has 0 bridgehead atoms. The molecule has 1 aliphatic rings. The average Bonchev–Trinajstić information content (AvgIpc) is 2.78. The Balaban J connectivity index is 1.72. The van der Waals surface area contributed by atoms with E-state index >= 15 is 0 Å². The van der Waals surface area contributed by atoms with Crippen molar-refractivity contribution in [2.24, 2.45) is 0 Å². The number of ether oxygens (including phenoxy) is 2. The van der Waals surface area contributed by atoms with Gasteiger partial charge in [-0.1, -0.05) is 31.2 Å². The van der Waals surface area contributed by atoms with Crippen LogP contribution in [0.1, 0.15) is 18.1 Å². The summed E-state index contributed by atoms with van der Waals surface area (Å²) in [6.45, 7) is 2.72. The molecule has 0 atom stereocenters. The first-order valence-electron chi connectivity index (χ1n) is 6.78. The molecule has 1 heterocycles. The molecule has 21 heavy (non-hydrogen) atoms. The van der Waals surface area contributed by atoms with E-state index in [9.17, 15) is 8.78 Å². The minimum atomic E-state index is -3.57. The zero-order valence-electron chi connectivity index (χ0n) is 11.5. The van der Waals surface area contributed by atoms with E-state index in [1.165, 1.54) is 23.3 Å². The summed E-state index contributed by atoms with van der Waals surface area (Å²) in [6.07, 6.45) is -2.62. The summed E-state index contributed by atoms with van der Waals surface area (Å²) in [5, 5.41) is 3.21. The maximum atomic E-state index is 13.0. The van der Waals surface area contributed by atoms with Crippen LogP contribution in [0.5, 0.6) is 11.5 Å². The average molecular weight is 291 g/mol. The van der Waals surface area contributed by atoms with Crippen LogP contribution in [-0.4, -0.2) is 6.29 Å². The van der Waals surface area contributed by atoms with Gasteiger partial charge in [-0.3, -0.25) is 0 Å². The Morgan fingerprint density at radius 3 is 2.48 bits per heavy atom. The predicted octanol–water partition coefficient (Wildman–Crippen LogP) is 4.18. The van der Waals surface area contributed by atoms with Crippen molar-refractivity contribution >= 4 is 5.69 Å². The number of hydrogen-bond donors (Lipinski definition) is 1. The zero-order chi connectivity index (χ0) is 14.9. The highest BCUT2D eigenvalue weighted by molar-refractivity contribution is 5.56. The lowest BCUT2D eigenvalue weighted by atomic mass is 10.1. The lowest BCUT2D eigenvalue weighted by molar-refractivity contribution is -0.286. The molecule has 0 unspecified atom stereocenters. The standard InChI is InChI=1S/C16H15F2NO2/c1-2-11-5-3-4-6-12(11)10-19-13-7-8-14-15(9-13)21-16(17,18)20-14/h3-9,19H,2,10H2,1H3. The van der Waals surface area contributed by atoms with Crippen molar-refractivity contribution in [3.63, 3.8) is 0 Å². The van der Waals surface area contributed by atoms with E-state index in [4.69, 9.17) is 0 Å². The zero-order valence-corrected chi connectivity index (χ0v) is 11.5. The minimum Gasteiger partial charge on any atom is -0.395 e. The number of alkyl halides is 2. The van der Waals surface area contributed by atoms with Crippen molar-refractivity contribution < 1.29 is 18.3 Å². The molecule has 0 aromatic heterocycles. The highest BCUT2D eigenvalue weighted by Gasteiger charge is 2.43. The lowest BCUT2D eigenvalue weighted by Crippen LogP contribution is -2.25. The van der Waals surface area contributed by atoms with E-state index in [1.807, 2.05) is 18.2 Å². The number of rotatable bonds is 4. The second-order valence-electron chi connectivity index (χ2n) is 4.80. The molecular formula is C16H15F2NO2. The first kappa shape index (κ1) is 13.7. The Labute approximate surface area is 121 Å². The largest absolute Gasteiger partial charge is 0.586 e. The summed E-state index contributed by atoms with van der Waals surface area (Å²) in [5.41, 5.74) is 3.15. The number of benzene rings is 2. The molecule has 2 aromatic carbocycles. The molecule has 110 valence electrons. The second-order valence-corrected chi connectivity index (χ2v) is 4.80. The van der Waals surface area contributed by atoms with Crippen LogP contribution in [0.4, 0.5) is 14.5 Å². The SMILES string of the molecule is CCc1ccccc1CNc1ccc2c(c1)OC(F)(F)O2. The highest BCUT2D eigenvalue weighted by Crippen LogP contribution is 2.42. The third-order valence-corrected chi connectivity index (χ3v) is 3.38. The van der Waals surface area contributed by atoms with Gasteiger partial charge in [0.05, 0.1) is 0 Å². The van der Waals surface area contributed by atoms with Crippen LogP contribution in [-0.2, 0) is 13.0 Å². The Bertz CT molecular complexity index is 658. The van der Waals surface area contributed by atoms with E-state index in [0.29, 0.717) is 12.2 Å². The van der Waals surface area contributed by atoms with Gasteiger partial charge in [0, 0.05) is 18.3 Å². The van der Waals surface area contributed by atoms with Crippen LogP contribution >= 0.6 is 0 Å². The molecule has 0 saturated heterocycles. The number of anilines is 1. The van der Waals surface area contributed by atoms with Crippen molar-refractivity contribution in [2.75, 3.05) is 5.32 Å². The van der Waals surface area contributed by atoms with Gasteiger partial charge in [0.2, 0.25) is 0 Å². The fourth-order valence-corrected chi connectivity index (χ4v) is 2.33. The number of aryl methyl sites for hydroxylation is 1. The van der Waals surface area contributed by atoms with E-state index in [0.717, 1.165) is 6.42 Å². The van der Waals surface area contributed by atoms with Gasteiger partial charge in [-0.25, -0.2) is 0 Å². The molecule has 3 rings (SSSR count). The van der Waals surface area contributed by atoms with E-state index in [2.05, 4.69) is 27.8 Å². The van der Waals surface area contributed by atoms with Gasteiger partial charge in [0.25, 0.3) is 0 Å². The van der Waals surface area contributed by atoms with E-state index < -0.39 is 6.29 Å². The Morgan fingerprint density at radius 2 is 1.71 bits per heavy atom. The van der Waals surface area contributed by atoms with Gasteiger partial charge < -0.3 is 14.8 Å². The number of nitrogens with one attached hydrogen (secondary N) is 1. The topological polar surface area (TPSA) is 30.5 Å². The third kappa shape index (κ3) is 2.91. The van der Waals surface area contributed by atoms with Gasteiger partial charge in [-0.2, -0.15) is 0 Å². The van der Waals surface area contributed by atoms with Gasteiger partial charge in [-0.15, -0.1) is 8.78 Å². The van der Waals surface area contributed by atoms with Crippen LogP contribution in [0.15, 0.2) is 42.5 Å². The van der Waals surface area contributed by atoms with Crippen molar-refractivity contribution in [1.82, 2.24) is 0 Å². The molecule has 1 N–H and O–H groups in total. The summed E-state index contributed by atoms with van der Waals surface area (Å²) < 4.78 is 34.7. The van der Waals surface area contributed by atoms with Crippen molar-refractivity contribution in [3.05, 3.63) is 53.6 Å².